The van der Waals surface area contributed by atoms with Gasteiger partial charge in [-0.25, -0.2) is 0 Å². The number of likely N-dealkylation sites (N-methyl/N-ethyl adjacent to an activating group) is 1. The van der Waals surface area contributed by atoms with Gasteiger partial charge in [0.2, 0.25) is 0 Å². The van der Waals surface area contributed by atoms with Crippen molar-refractivity contribution >= 4 is 27.3 Å². The second kappa shape index (κ2) is 6.85. The van der Waals surface area contributed by atoms with E-state index in [1.807, 2.05) is 17.9 Å². The van der Waals surface area contributed by atoms with E-state index < -0.39 is 0 Å². The van der Waals surface area contributed by atoms with E-state index >= 15 is 0 Å². The summed E-state index contributed by atoms with van der Waals surface area (Å²) in [6.45, 7) is 2.99. The lowest BCUT2D eigenvalue weighted by molar-refractivity contribution is 0.205. The summed E-state index contributed by atoms with van der Waals surface area (Å²) in [6, 6.07) is 2.53. The highest BCUT2D eigenvalue weighted by Gasteiger charge is 2.24. The summed E-state index contributed by atoms with van der Waals surface area (Å²) in [6.07, 6.45) is 4.92. The number of aromatic nitrogens is 2. The highest BCUT2D eigenvalue weighted by molar-refractivity contribution is 9.10. The number of nitrogens with zero attached hydrogens (tertiary/aromatic N) is 3. The van der Waals surface area contributed by atoms with Crippen LogP contribution in [0.3, 0.4) is 0 Å². The van der Waals surface area contributed by atoms with Crippen LogP contribution in [0.4, 0.5) is 0 Å². The molecule has 0 aliphatic rings. The third-order valence-electron chi connectivity index (χ3n) is 3.42. The van der Waals surface area contributed by atoms with Gasteiger partial charge in [-0.1, -0.05) is 6.92 Å². The highest BCUT2D eigenvalue weighted by Crippen LogP contribution is 2.32. The maximum Gasteiger partial charge on any atom is 0.0594 e. The van der Waals surface area contributed by atoms with Crippen molar-refractivity contribution in [1.29, 1.82) is 0 Å². The molecule has 0 aliphatic carbocycles. The van der Waals surface area contributed by atoms with E-state index in [1.54, 1.807) is 11.3 Å². The third kappa shape index (κ3) is 3.69. The van der Waals surface area contributed by atoms with Crippen molar-refractivity contribution in [2.24, 2.45) is 12.8 Å². The summed E-state index contributed by atoms with van der Waals surface area (Å²) in [5.74, 6) is 0. The first-order valence-corrected chi connectivity index (χ1v) is 8.35. The number of rotatable bonds is 6. The average Bonchev–Trinajstić information content (AvgIpc) is 2.99. The zero-order chi connectivity index (χ0) is 14.7. The molecule has 2 aromatic rings. The lowest BCUT2D eigenvalue weighted by Crippen LogP contribution is -2.38. The Bertz CT molecular complexity index is 551. The molecule has 2 heterocycles. The minimum atomic E-state index is 0.127. The molecule has 0 aromatic carbocycles. The van der Waals surface area contributed by atoms with Crippen LogP contribution in [0.15, 0.2) is 28.3 Å². The van der Waals surface area contributed by atoms with Crippen molar-refractivity contribution in [3.63, 3.8) is 0 Å². The largest absolute Gasteiger partial charge is 0.326 e. The zero-order valence-electron chi connectivity index (χ0n) is 12.1. The van der Waals surface area contributed by atoms with Gasteiger partial charge in [-0.05, 0) is 35.5 Å². The molecule has 2 aromatic heterocycles. The van der Waals surface area contributed by atoms with E-state index in [-0.39, 0.29) is 12.1 Å². The molecular formula is C14H21BrN4S. The molecule has 0 aliphatic heterocycles. The number of thiophene rings is 1. The molecule has 0 saturated carbocycles. The van der Waals surface area contributed by atoms with Crippen molar-refractivity contribution in [3.05, 3.63) is 38.8 Å². The second-order valence-electron chi connectivity index (χ2n) is 5.12. The van der Waals surface area contributed by atoms with E-state index in [4.69, 9.17) is 5.73 Å². The Morgan fingerprint density at radius 2 is 2.30 bits per heavy atom. The van der Waals surface area contributed by atoms with Crippen LogP contribution in [0.25, 0.3) is 0 Å². The summed E-state index contributed by atoms with van der Waals surface area (Å²) >= 11 is 5.28. The standard InChI is InChI=1S/C14H21BrN4S/c1-4-12(16)14(13-5-11(15)9-20-13)18(2)7-10-6-17-19(3)8-10/h5-6,8-9,12,14H,4,7,16H2,1-3H3. The van der Waals surface area contributed by atoms with Gasteiger partial charge in [0.25, 0.3) is 0 Å². The normalized spacial score (nSPS) is 14.7. The first kappa shape index (κ1) is 15.7. The summed E-state index contributed by atoms with van der Waals surface area (Å²) < 4.78 is 2.96. The number of hydrogen-bond donors (Lipinski definition) is 1. The van der Waals surface area contributed by atoms with E-state index in [0.717, 1.165) is 17.4 Å². The molecular weight excluding hydrogens is 336 g/mol. The Morgan fingerprint density at radius 3 is 2.80 bits per heavy atom. The van der Waals surface area contributed by atoms with Crippen LogP contribution in [-0.2, 0) is 13.6 Å². The lowest BCUT2D eigenvalue weighted by atomic mass is 10.0. The van der Waals surface area contributed by atoms with Gasteiger partial charge in [0.1, 0.15) is 0 Å². The van der Waals surface area contributed by atoms with Crippen molar-refractivity contribution in [2.75, 3.05) is 7.05 Å². The molecule has 0 fully saturated rings. The van der Waals surface area contributed by atoms with Crippen LogP contribution in [0.5, 0.6) is 0 Å². The summed E-state index contributed by atoms with van der Waals surface area (Å²) in [7, 11) is 4.07. The number of halogens is 1. The molecule has 2 rings (SSSR count). The van der Waals surface area contributed by atoms with Gasteiger partial charge in [-0.2, -0.15) is 5.10 Å². The Morgan fingerprint density at radius 1 is 1.55 bits per heavy atom. The smallest absolute Gasteiger partial charge is 0.0594 e. The minimum Gasteiger partial charge on any atom is -0.326 e. The fourth-order valence-electron chi connectivity index (χ4n) is 2.40. The maximum absolute atomic E-state index is 6.35. The SMILES string of the molecule is CCC(N)C(c1cc(Br)cs1)N(C)Cc1cnn(C)c1. The monoisotopic (exact) mass is 356 g/mol. The summed E-state index contributed by atoms with van der Waals surface area (Å²) in [5.41, 5.74) is 7.55. The van der Waals surface area contributed by atoms with Crippen LogP contribution in [0, 0.1) is 0 Å². The average molecular weight is 357 g/mol. The van der Waals surface area contributed by atoms with Gasteiger partial charge < -0.3 is 5.73 Å². The maximum atomic E-state index is 6.35. The van der Waals surface area contributed by atoms with E-state index in [1.165, 1.54) is 10.4 Å². The molecule has 20 heavy (non-hydrogen) atoms. The number of hydrogen-bond acceptors (Lipinski definition) is 4. The molecule has 2 N–H and O–H groups in total. The first-order valence-electron chi connectivity index (χ1n) is 6.68. The number of aryl methyl sites for hydroxylation is 1. The van der Waals surface area contributed by atoms with Crippen LogP contribution in [0.2, 0.25) is 0 Å². The quantitative estimate of drug-likeness (QED) is 0.864. The fourth-order valence-corrected chi connectivity index (χ4v) is 4.09. The van der Waals surface area contributed by atoms with Gasteiger partial charge in [0.15, 0.2) is 0 Å². The fraction of sp³-hybridized carbons (Fsp3) is 0.500. The molecule has 0 saturated heterocycles. The van der Waals surface area contributed by atoms with Crippen LogP contribution >= 0.6 is 27.3 Å². The predicted molar refractivity (Wildman–Crippen MR) is 87.7 cm³/mol. The van der Waals surface area contributed by atoms with E-state index in [0.29, 0.717) is 0 Å². The lowest BCUT2D eigenvalue weighted by Gasteiger charge is -2.31. The van der Waals surface area contributed by atoms with Crippen LogP contribution in [0.1, 0.15) is 29.8 Å². The molecule has 110 valence electrons. The van der Waals surface area contributed by atoms with Crippen LogP contribution in [-0.4, -0.2) is 27.8 Å². The van der Waals surface area contributed by atoms with Crippen molar-refractivity contribution in [1.82, 2.24) is 14.7 Å². The predicted octanol–water partition coefficient (Wildman–Crippen LogP) is 3.15. The van der Waals surface area contributed by atoms with Crippen molar-refractivity contribution < 1.29 is 0 Å². The Labute approximate surface area is 132 Å². The highest BCUT2D eigenvalue weighted by atomic mass is 79.9. The Kier molecular flexibility index (Phi) is 5.37. The molecule has 4 nitrogen and oxygen atoms in total. The second-order valence-corrected chi connectivity index (χ2v) is 6.98. The van der Waals surface area contributed by atoms with Gasteiger partial charge >= 0.3 is 0 Å². The van der Waals surface area contributed by atoms with Gasteiger partial charge in [-0.15, -0.1) is 11.3 Å². The summed E-state index contributed by atoms with van der Waals surface area (Å²) in [4.78, 5) is 3.61. The molecule has 6 heteroatoms. The third-order valence-corrected chi connectivity index (χ3v) is 5.19. The molecule has 2 unspecified atom stereocenters. The van der Waals surface area contributed by atoms with Crippen LogP contribution < -0.4 is 5.73 Å². The van der Waals surface area contributed by atoms with Crippen molar-refractivity contribution in [2.45, 2.75) is 32.0 Å². The zero-order valence-corrected chi connectivity index (χ0v) is 14.5. The van der Waals surface area contributed by atoms with E-state index in [2.05, 4.69) is 57.5 Å². The first-order chi connectivity index (χ1) is 9.51. The minimum absolute atomic E-state index is 0.127. The van der Waals surface area contributed by atoms with Gasteiger partial charge in [-0.3, -0.25) is 9.58 Å². The Balaban J connectivity index is 2.17. The van der Waals surface area contributed by atoms with Crippen molar-refractivity contribution in [3.8, 4) is 0 Å². The molecule has 0 amide bonds. The summed E-state index contributed by atoms with van der Waals surface area (Å²) in [5, 5.41) is 6.34. The topological polar surface area (TPSA) is 47.1 Å². The molecule has 2 atom stereocenters. The number of nitrogens with two attached hydrogens (primary N) is 1. The Hall–Kier alpha value is -0.690. The van der Waals surface area contributed by atoms with E-state index in [9.17, 15) is 0 Å². The van der Waals surface area contributed by atoms with Gasteiger partial charge in [0, 0.05) is 46.1 Å². The van der Waals surface area contributed by atoms with Gasteiger partial charge in [0.05, 0.1) is 12.2 Å². The molecule has 0 radical (unpaired) electrons. The molecule has 0 spiro atoms. The molecule has 0 bridgehead atoms.